The van der Waals surface area contributed by atoms with Gasteiger partial charge < -0.3 is 9.47 Å². The van der Waals surface area contributed by atoms with Crippen molar-refractivity contribution in [2.24, 2.45) is 0 Å². The summed E-state index contributed by atoms with van der Waals surface area (Å²) in [5.74, 6) is 2.38. The first-order valence-electron chi connectivity index (χ1n) is 7.51. The number of hydrogen-bond donors (Lipinski definition) is 0. The van der Waals surface area contributed by atoms with Gasteiger partial charge in [-0.3, -0.25) is 0 Å². The van der Waals surface area contributed by atoms with Crippen molar-refractivity contribution in [1.29, 1.82) is 0 Å². The molecular weight excluding hydrogens is 324 g/mol. The topological polar surface area (TPSA) is 62.1 Å². The van der Waals surface area contributed by atoms with Crippen molar-refractivity contribution in [3.63, 3.8) is 0 Å². The standard InChI is InChI=1S/C17H18N4O2S/c1-13-3-5-14(6-4-13)21-17(18-19-20-21)24-12-11-23-16-9-7-15(22-2)8-10-16/h3-10H,11-12H2,1-2H3. The van der Waals surface area contributed by atoms with E-state index >= 15 is 0 Å². The minimum absolute atomic E-state index is 0.567. The normalized spacial score (nSPS) is 10.6. The third-order valence-corrected chi connectivity index (χ3v) is 4.25. The molecule has 0 N–H and O–H groups in total. The lowest BCUT2D eigenvalue weighted by atomic mass is 10.2. The fraction of sp³-hybridized carbons (Fsp3) is 0.235. The van der Waals surface area contributed by atoms with Crippen molar-refractivity contribution < 1.29 is 9.47 Å². The molecule has 24 heavy (non-hydrogen) atoms. The zero-order chi connectivity index (χ0) is 16.8. The van der Waals surface area contributed by atoms with Crippen LogP contribution in [0.15, 0.2) is 53.7 Å². The van der Waals surface area contributed by atoms with Crippen molar-refractivity contribution in [2.45, 2.75) is 12.1 Å². The molecule has 1 heterocycles. The van der Waals surface area contributed by atoms with Gasteiger partial charge in [0, 0.05) is 5.75 Å². The zero-order valence-electron chi connectivity index (χ0n) is 13.5. The summed E-state index contributed by atoms with van der Waals surface area (Å²) in [6, 6.07) is 15.6. The van der Waals surface area contributed by atoms with E-state index in [1.807, 2.05) is 48.5 Å². The Hall–Kier alpha value is -2.54. The largest absolute Gasteiger partial charge is 0.497 e. The van der Waals surface area contributed by atoms with Crippen LogP contribution in [0.3, 0.4) is 0 Å². The highest BCUT2D eigenvalue weighted by molar-refractivity contribution is 7.99. The molecule has 7 heteroatoms. The van der Waals surface area contributed by atoms with Crippen LogP contribution in [0.25, 0.3) is 5.69 Å². The predicted octanol–water partition coefficient (Wildman–Crippen LogP) is 3.15. The Morgan fingerprint density at radius 2 is 1.71 bits per heavy atom. The molecule has 0 bridgehead atoms. The van der Waals surface area contributed by atoms with Crippen LogP contribution in [-0.4, -0.2) is 39.7 Å². The first-order chi connectivity index (χ1) is 11.8. The summed E-state index contributed by atoms with van der Waals surface area (Å²) < 4.78 is 12.6. The average molecular weight is 342 g/mol. The molecule has 3 aromatic rings. The molecular formula is C17H18N4O2S. The highest BCUT2D eigenvalue weighted by Gasteiger charge is 2.08. The summed E-state index contributed by atoms with van der Waals surface area (Å²) in [5, 5.41) is 12.6. The number of tetrazole rings is 1. The van der Waals surface area contributed by atoms with Gasteiger partial charge in [-0.1, -0.05) is 29.5 Å². The lowest BCUT2D eigenvalue weighted by molar-refractivity contribution is 0.342. The Morgan fingerprint density at radius 1 is 1.00 bits per heavy atom. The second kappa shape index (κ2) is 7.83. The number of hydrogen-bond acceptors (Lipinski definition) is 6. The first-order valence-corrected chi connectivity index (χ1v) is 8.50. The van der Waals surface area contributed by atoms with Gasteiger partial charge in [0.15, 0.2) is 0 Å². The summed E-state index contributed by atoms with van der Waals surface area (Å²) in [7, 11) is 1.64. The number of aromatic nitrogens is 4. The molecule has 1 aromatic heterocycles. The second-order valence-electron chi connectivity index (χ2n) is 5.08. The first kappa shape index (κ1) is 16.3. The van der Waals surface area contributed by atoms with Crippen LogP contribution >= 0.6 is 11.8 Å². The fourth-order valence-corrected chi connectivity index (χ4v) is 2.79. The van der Waals surface area contributed by atoms with E-state index < -0.39 is 0 Å². The summed E-state index contributed by atoms with van der Waals surface area (Å²) in [4.78, 5) is 0. The Balaban J connectivity index is 1.54. The van der Waals surface area contributed by atoms with Crippen molar-refractivity contribution in [3.8, 4) is 17.2 Å². The van der Waals surface area contributed by atoms with Crippen LogP contribution in [0, 0.1) is 6.92 Å². The molecule has 0 aliphatic carbocycles. The van der Waals surface area contributed by atoms with Crippen molar-refractivity contribution >= 4 is 11.8 Å². The van der Waals surface area contributed by atoms with Gasteiger partial charge >= 0.3 is 0 Å². The molecule has 0 radical (unpaired) electrons. The number of methoxy groups -OCH3 is 1. The maximum atomic E-state index is 5.71. The maximum absolute atomic E-state index is 5.71. The molecule has 0 fully saturated rings. The number of ether oxygens (including phenoxy) is 2. The van der Waals surface area contributed by atoms with E-state index in [1.165, 1.54) is 5.56 Å². The molecule has 0 amide bonds. The van der Waals surface area contributed by atoms with Crippen LogP contribution in [-0.2, 0) is 0 Å². The number of rotatable bonds is 7. The van der Waals surface area contributed by atoms with Crippen LogP contribution < -0.4 is 9.47 Å². The minimum Gasteiger partial charge on any atom is -0.497 e. The molecule has 0 unspecified atom stereocenters. The highest BCUT2D eigenvalue weighted by Crippen LogP contribution is 2.20. The second-order valence-corrected chi connectivity index (χ2v) is 6.14. The van der Waals surface area contributed by atoms with Crippen molar-refractivity contribution in [1.82, 2.24) is 20.2 Å². The smallest absolute Gasteiger partial charge is 0.214 e. The van der Waals surface area contributed by atoms with Gasteiger partial charge in [0.2, 0.25) is 5.16 Å². The molecule has 0 aliphatic heterocycles. The van der Waals surface area contributed by atoms with E-state index in [0.717, 1.165) is 28.1 Å². The molecule has 6 nitrogen and oxygen atoms in total. The Bertz CT molecular complexity index is 772. The summed E-state index contributed by atoms with van der Waals surface area (Å²) in [5.41, 5.74) is 2.15. The Labute approximate surface area is 144 Å². The lowest BCUT2D eigenvalue weighted by Crippen LogP contribution is -2.03. The van der Waals surface area contributed by atoms with Crippen LogP contribution in [0.5, 0.6) is 11.5 Å². The zero-order valence-corrected chi connectivity index (χ0v) is 14.4. The van der Waals surface area contributed by atoms with Gasteiger partial charge in [-0.15, -0.1) is 5.10 Å². The average Bonchev–Trinajstić information content (AvgIpc) is 3.08. The SMILES string of the molecule is COc1ccc(OCCSc2nnnn2-c2ccc(C)cc2)cc1. The van der Waals surface area contributed by atoms with Crippen molar-refractivity contribution in [2.75, 3.05) is 19.5 Å². The molecule has 2 aromatic carbocycles. The number of nitrogens with zero attached hydrogens (tertiary/aromatic N) is 4. The highest BCUT2D eigenvalue weighted by atomic mass is 32.2. The van der Waals surface area contributed by atoms with Gasteiger partial charge in [0.25, 0.3) is 0 Å². The van der Waals surface area contributed by atoms with Crippen molar-refractivity contribution in [3.05, 3.63) is 54.1 Å². The molecule has 0 saturated heterocycles. The predicted molar refractivity (Wildman–Crippen MR) is 93.1 cm³/mol. The Morgan fingerprint density at radius 3 is 2.42 bits per heavy atom. The third-order valence-electron chi connectivity index (χ3n) is 3.36. The molecule has 0 aliphatic rings. The minimum atomic E-state index is 0.567. The number of aryl methyl sites for hydroxylation is 1. The number of thioether (sulfide) groups is 1. The van der Waals surface area contributed by atoms with Gasteiger partial charge in [-0.25, -0.2) is 0 Å². The van der Waals surface area contributed by atoms with Crippen LogP contribution in [0.2, 0.25) is 0 Å². The molecule has 3 rings (SSSR count). The van der Waals surface area contributed by atoms with Gasteiger partial charge in [-0.05, 0) is 53.7 Å². The van der Waals surface area contributed by atoms with E-state index in [-0.39, 0.29) is 0 Å². The molecule has 0 saturated carbocycles. The lowest BCUT2D eigenvalue weighted by Gasteiger charge is -2.07. The van der Waals surface area contributed by atoms with E-state index in [4.69, 9.17) is 9.47 Å². The molecule has 0 atom stereocenters. The van der Waals surface area contributed by atoms with Gasteiger partial charge in [-0.2, -0.15) is 4.68 Å². The van der Waals surface area contributed by atoms with E-state index in [2.05, 4.69) is 22.4 Å². The summed E-state index contributed by atoms with van der Waals surface area (Å²) in [6.45, 7) is 2.62. The van der Waals surface area contributed by atoms with Gasteiger partial charge in [0.05, 0.1) is 19.4 Å². The van der Waals surface area contributed by atoms with E-state index in [9.17, 15) is 0 Å². The van der Waals surface area contributed by atoms with E-state index in [1.54, 1.807) is 23.6 Å². The number of benzene rings is 2. The third kappa shape index (κ3) is 4.05. The maximum Gasteiger partial charge on any atom is 0.214 e. The fourth-order valence-electron chi connectivity index (χ4n) is 2.08. The molecule has 124 valence electrons. The molecule has 0 spiro atoms. The Kier molecular flexibility index (Phi) is 5.32. The summed E-state index contributed by atoms with van der Waals surface area (Å²) in [6.07, 6.45) is 0. The monoisotopic (exact) mass is 342 g/mol. The van der Waals surface area contributed by atoms with E-state index in [0.29, 0.717) is 6.61 Å². The summed E-state index contributed by atoms with van der Waals surface area (Å²) >= 11 is 1.56. The quantitative estimate of drug-likeness (QED) is 0.485. The van der Waals surface area contributed by atoms with Crippen LogP contribution in [0.1, 0.15) is 5.56 Å². The van der Waals surface area contributed by atoms with Gasteiger partial charge in [0.1, 0.15) is 11.5 Å². The van der Waals surface area contributed by atoms with Crippen LogP contribution in [0.4, 0.5) is 0 Å².